The zero-order valence-electron chi connectivity index (χ0n) is 19.2. The molecule has 1 aromatic carbocycles. The van der Waals surface area contributed by atoms with Crippen molar-refractivity contribution in [1.29, 1.82) is 0 Å². The summed E-state index contributed by atoms with van der Waals surface area (Å²) >= 11 is 6.33. The molecule has 11 heteroatoms. The fourth-order valence-electron chi connectivity index (χ4n) is 4.82. The molecule has 1 aliphatic carbocycles. The Balaban J connectivity index is 1.42. The van der Waals surface area contributed by atoms with Gasteiger partial charge in [-0.1, -0.05) is 11.6 Å². The summed E-state index contributed by atoms with van der Waals surface area (Å²) in [5.74, 6) is -3.21. The van der Waals surface area contributed by atoms with Crippen LogP contribution in [0.4, 0.5) is 26.2 Å². The second-order valence-corrected chi connectivity index (χ2v) is 10.4. The zero-order valence-corrected chi connectivity index (χ0v) is 20.0. The van der Waals surface area contributed by atoms with Crippen LogP contribution in [-0.2, 0) is 13.6 Å². The number of nitrogens with zero attached hydrogens (tertiary/aromatic N) is 5. The molecule has 182 valence electrons. The average molecular weight is 493 g/mol. The zero-order chi connectivity index (χ0) is 24.4. The van der Waals surface area contributed by atoms with Gasteiger partial charge in [-0.15, -0.1) is 0 Å². The first-order valence-corrected chi connectivity index (χ1v) is 11.7. The molecule has 1 saturated carbocycles. The summed E-state index contributed by atoms with van der Waals surface area (Å²) in [6, 6.07) is 5.47. The molecular formula is C23H27ClF2N6O2. The Morgan fingerprint density at radius 1 is 1.26 bits per heavy atom. The second kappa shape index (κ2) is 7.91. The molecule has 3 fully saturated rings. The first-order chi connectivity index (χ1) is 15.9. The molecule has 8 nitrogen and oxygen atoms in total. The van der Waals surface area contributed by atoms with Crippen LogP contribution in [0.15, 0.2) is 29.2 Å². The summed E-state index contributed by atoms with van der Waals surface area (Å²) < 4.78 is 31.1. The van der Waals surface area contributed by atoms with Gasteiger partial charge in [0, 0.05) is 44.2 Å². The molecule has 0 spiro atoms. The van der Waals surface area contributed by atoms with Crippen LogP contribution < -0.4 is 15.9 Å². The molecule has 6 rings (SSSR count). The third-order valence-corrected chi connectivity index (χ3v) is 7.19. The van der Waals surface area contributed by atoms with Crippen molar-refractivity contribution in [1.82, 2.24) is 19.1 Å². The van der Waals surface area contributed by atoms with Gasteiger partial charge in [-0.25, -0.2) is 18.6 Å². The highest BCUT2D eigenvalue weighted by Crippen LogP contribution is 2.52. The first-order valence-electron chi connectivity index (χ1n) is 11.3. The topological polar surface area (TPSA) is 88.2 Å². The monoisotopic (exact) mass is 492 g/mol. The van der Waals surface area contributed by atoms with Crippen molar-refractivity contribution in [3.8, 4) is 0 Å². The van der Waals surface area contributed by atoms with Crippen molar-refractivity contribution in [2.24, 2.45) is 18.9 Å². The summed E-state index contributed by atoms with van der Waals surface area (Å²) in [6.07, 6.45) is 2.42. The number of rotatable bonds is 6. The molecule has 0 radical (unpaired) electrons. The van der Waals surface area contributed by atoms with E-state index in [0.717, 1.165) is 5.52 Å². The van der Waals surface area contributed by atoms with Gasteiger partial charge >= 0.3 is 5.69 Å². The Labute approximate surface area is 200 Å². The molecule has 34 heavy (non-hydrogen) atoms. The van der Waals surface area contributed by atoms with Crippen LogP contribution in [0.2, 0.25) is 5.02 Å². The van der Waals surface area contributed by atoms with Crippen LogP contribution in [0.5, 0.6) is 0 Å². The van der Waals surface area contributed by atoms with Crippen LogP contribution in [-0.4, -0.2) is 48.8 Å². The van der Waals surface area contributed by atoms with Crippen molar-refractivity contribution >= 4 is 40.1 Å². The lowest BCUT2D eigenvalue weighted by Gasteiger charge is -2.52. The quantitative estimate of drug-likeness (QED) is 0.544. The van der Waals surface area contributed by atoms with Crippen molar-refractivity contribution < 1.29 is 13.9 Å². The predicted molar refractivity (Wildman–Crippen MR) is 127 cm³/mol. The lowest BCUT2D eigenvalue weighted by Crippen LogP contribution is -2.63. The molecule has 2 aliphatic heterocycles. The van der Waals surface area contributed by atoms with Crippen molar-refractivity contribution in [3.05, 3.63) is 39.9 Å². The number of piperidine rings is 2. The van der Waals surface area contributed by atoms with E-state index in [2.05, 4.69) is 15.3 Å². The van der Waals surface area contributed by atoms with E-state index in [1.54, 1.807) is 34.9 Å². The van der Waals surface area contributed by atoms with Gasteiger partial charge in [0.1, 0.15) is 5.02 Å². The largest absolute Gasteiger partial charge is 0.390 e. The molecule has 4 heterocycles. The van der Waals surface area contributed by atoms with Gasteiger partial charge < -0.3 is 15.3 Å². The SMILES string of the molecule is Cn1c(=O)n(CCC(C)(C)O)c2cc(Nc3nc(N4CC5CC(C4)C5(F)F)ncc3Cl)ccc21. The minimum atomic E-state index is -2.60. The predicted octanol–water partition coefficient (Wildman–Crippen LogP) is 3.78. The molecule has 2 atom stereocenters. The molecule has 2 unspecified atom stereocenters. The highest BCUT2D eigenvalue weighted by atomic mass is 35.5. The van der Waals surface area contributed by atoms with Crippen LogP contribution in [0.3, 0.4) is 0 Å². The minimum Gasteiger partial charge on any atom is -0.390 e. The van der Waals surface area contributed by atoms with Gasteiger partial charge in [-0.05, 0) is 44.9 Å². The third-order valence-electron chi connectivity index (χ3n) is 6.91. The smallest absolute Gasteiger partial charge is 0.328 e. The Hall–Kier alpha value is -2.72. The van der Waals surface area contributed by atoms with E-state index < -0.39 is 23.4 Å². The Kier molecular flexibility index (Phi) is 5.36. The van der Waals surface area contributed by atoms with E-state index in [1.807, 2.05) is 18.2 Å². The number of benzene rings is 1. The summed E-state index contributed by atoms with van der Waals surface area (Å²) in [4.78, 5) is 23.3. The normalized spacial score (nSPS) is 21.6. The van der Waals surface area contributed by atoms with E-state index in [9.17, 15) is 18.7 Å². The number of fused-ring (bicyclic) bond motifs is 3. The van der Waals surface area contributed by atoms with Crippen LogP contribution in [0, 0.1) is 11.8 Å². The van der Waals surface area contributed by atoms with Crippen LogP contribution >= 0.6 is 11.6 Å². The van der Waals surface area contributed by atoms with E-state index in [-0.39, 0.29) is 18.8 Å². The third kappa shape index (κ3) is 3.92. The standard InChI is InChI=1S/C23H27ClF2N6O2/c1-22(2,34)6-7-32-18-9-15(4-5-17(18)30(3)21(32)33)28-19-16(24)10-27-20(29-19)31-11-13-8-14(12-31)23(13,25)26/h4-5,9-10,13-14,34H,6-8,11-12H2,1-3H3,(H,27,28,29). The Morgan fingerprint density at radius 3 is 2.62 bits per heavy atom. The Bertz CT molecular complexity index is 1300. The number of aryl methyl sites for hydroxylation is 2. The lowest BCUT2D eigenvalue weighted by atomic mass is 9.67. The van der Waals surface area contributed by atoms with E-state index in [1.165, 1.54) is 6.20 Å². The van der Waals surface area contributed by atoms with Crippen LogP contribution in [0.1, 0.15) is 26.7 Å². The molecule has 2 N–H and O–H groups in total. The number of halogens is 3. The van der Waals surface area contributed by atoms with Crippen LogP contribution in [0.25, 0.3) is 11.0 Å². The second-order valence-electron chi connectivity index (χ2n) is 9.96. The van der Waals surface area contributed by atoms with Gasteiger partial charge in [0.2, 0.25) is 5.95 Å². The molecule has 2 bridgehead atoms. The van der Waals surface area contributed by atoms with E-state index in [4.69, 9.17) is 11.6 Å². The molecule has 2 saturated heterocycles. The number of imidazole rings is 1. The van der Waals surface area contributed by atoms with Crippen molar-refractivity contribution in [2.75, 3.05) is 23.3 Å². The van der Waals surface area contributed by atoms with Gasteiger partial charge in [0.05, 0.1) is 22.8 Å². The summed E-state index contributed by atoms with van der Waals surface area (Å²) in [6.45, 7) is 4.21. The van der Waals surface area contributed by atoms with E-state index in [0.29, 0.717) is 47.4 Å². The highest BCUT2D eigenvalue weighted by Gasteiger charge is 2.61. The highest BCUT2D eigenvalue weighted by molar-refractivity contribution is 6.32. The Morgan fingerprint density at radius 2 is 1.97 bits per heavy atom. The first kappa shape index (κ1) is 23.0. The lowest BCUT2D eigenvalue weighted by molar-refractivity contribution is -0.194. The number of hydrogen-bond acceptors (Lipinski definition) is 6. The summed E-state index contributed by atoms with van der Waals surface area (Å²) in [5, 5.41) is 13.6. The maximum atomic E-state index is 13.9. The number of anilines is 3. The minimum absolute atomic E-state index is 0.167. The average Bonchev–Trinajstić information content (AvgIpc) is 3.02. The van der Waals surface area contributed by atoms with Gasteiger partial charge in [0.15, 0.2) is 5.82 Å². The van der Waals surface area contributed by atoms with Crippen molar-refractivity contribution in [2.45, 2.75) is 44.8 Å². The number of hydrogen-bond donors (Lipinski definition) is 2. The van der Waals surface area contributed by atoms with Gasteiger partial charge in [0.25, 0.3) is 5.92 Å². The van der Waals surface area contributed by atoms with Crippen molar-refractivity contribution in [3.63, 3.8) is 0 Å². The fraction of sp³-hybridized carbons (Fsp3) is 0.522. The van der Waals surface area contributed by atoms with Gasteiger partial charge in [-0.3, -0.25) is 9.13 Å². The fourth-order valence-corrected chi connectivity index (χ4v) is 4.96. The van der Waals surface area contributed by atoms with Gasteiger partial charge in [-0.2, -0.15) is 4.98 Å². The molecule has 2 aromatic heterocycles. The number of alkyl halides is 2. The maximum absolute atomic E-state index is 13.9. The van der Waals surface area contributed by atoms with E-state index >= 15 is 0 Å². The molecule has 3 aromatic rings. The summed E-state index contributed by atoms with van der Waals surface area (Å²) in [7, 11) is 1.71. The number of aromatic nitrogens is 4. The molecular weight excluding hydrogens is 466 g/mol. The summed E-state index contributed by atoms with van der Waals surface area (Å²) in [5.41, 5.74) is 1.06. The molecule has 0 amide bonds. The number of nitrogens with one attached hydrogen (secondary N) is 1. The maximum Gasteiger partial charge on any atom is 0.328 e. The number of aliphatic hydroxyl groups is 1. The molecule has 3 aliphatic rings.